The van der Waals surface area contributed by atoms with Gasteiger partial charge >= 0.3 is 5.97 Å². The van der Waals surface area contributed by atoms with E-state index in [4.69, 9.17) is 11.2 Å². The van der Waals surface area contributed by atoms with E-state index in [2.05, 4.69) is 15.6 Å². The van der Waals surface area contributed by atoms with Crippen LogP contribution in [0.1, 0.15) is 15.2 Å². The van der Waals surface area contributed by atoms with Gasteiger partial charge < -0.3 is 4.74 Å². The first kappa shape index (κ1) is 19.8. The molecule has 3 rings (SSSR count). The Kier molecular flexibility index (Phi) is 6.21. The van der Waals surface area contributed by atoms with Gasteiger partial charge in [0.2, 0.25) is 10.0 Å². The summed E-state index contributed by atoms with van der Waals surface area (Å²) in [5.74, 6) is 1.65. The summed E-state index contributed by atoms with van der Waals surface area (Å²) >= 11 is 1.44. The molecule has 0 bridgehead atoms. The maximum Gasteiger partial charge on any atom is 0.338 e. The molecule has 6 nitrogen and oxygen atoms in total. The number of hydrogen-bond donors (Lipinski definition) is 1. The zero-order valence-electron chi connectivity index (χ0n) is 14.7. The number of thiazole rings is 1. The van der Waals surface area contributed by atoms with E-state index in [0.717, 1.165) is 15.4 Å². The number of nitrogens with one attached hydrogen (secondary N) is 1. The number of esters is 1. The minimum absolute atomic E-state index is 0.0225. The molecule has 0 spiro atoms. The van der Waals surface area contributed by atoms with Crippen LogP contribution in [-0.4, -0.2) is 25.9 Å². The topological polar surface area (TPSA) is 85.4 Å². The van der Waals surface area contributed by atoms with E-state index in [1.54, 1.807) is 6.20 Å². The fourth-order valence-corrected chi connectivity index (χ4v) is 4.06. The molecule has 0 amide bonds. The predicted octanol–water partition coefficient (Wildman–Crippen LogP) is 3.08. The van der Waals surface area contributed by atoms with Gasteiger partial charge in [-0.1, -0.05) is 36.3 Å². The largest absolute Gasteiger partial charge is 0.456 e. The van der Waals surface area contributed by atoms with Crippen LogP contribution >= 0.6 is 11.3 Å². The maximum absolute atomic E-state index is 12.2. The van der Waals surface area contributed by atoms with Crippen LogP contribution in [0.15, 0.2) is 65.7 Å². The van der Waals surface area contributed by atoms with Crippen molar-refractivity contribution in [3.8, 4) is 22.9 Å². The first-order valence-corrected chi connectivity index (χ1v) is 10.5. The first-order valence-electron chi connectivity index (χ1n) is 8.20. The van der Waals surface area contributed by atoms with Crippen molar-refractivity contribution in [1.29, 1.82) is 0 Å². The molecule has 0 atom stereocenters. The number of hydrogen-bond acceptors (Lipinski definition) is 6. The second kappa shape index (κ2) is 8.80. The van der Waals surface area contributed by atoms with E-state index in [-0.39, 0.29) is 23.6 Å². The summed E-state index contributed by atoms with van der Waals surface area (Å²) < 4.78 is 31.5. The third-order valence-corrected chi connectivity index (χ3v) is 6.12. The molecular formula is C20H16N2O4S2. The first-order chi connectivity index (χ1) is 13.5. The minimum atomic E-state index is -3.69. The van der Waals surface area contributed by atoms with Crippen molar-refractivity contribution >= 4 is 27.3 Å². The maximum atomic E-state index is 12.2. The molecule has 142 valence electrons. The van der Waals surface area contributed by atoms with E-state index in [9.17, 15) is 13.2 Å². The molecule has 0 fully saturated rings. The molecular weight excluding hydrogens is 396 g/mol. The minimum Gasteiger partial charge on any atom is -0.456 e. The highest BCUT2D eigenvalue weighted by molar-refractivity contribution is 7.89. The van der Waals surface area contributed by atoms with E-state index in [1.807, 2.05) is 30.3 Å². The van der Waals surface area contributed by atoms with Crippen molar-refractivity contribution < 1.29 is 17.9 Å². The Morgan fingerprint density at radius 2 is 1.86 bits per heavy atom. The summed E-state index contributed by atoms with van der Waals surface area (Å²) in [6, 6.07) is 15.2. The van der Waals surface area contributed by atoms with Gasteiger partial charge in [0, 0.05) is 11.8 Å². The average Bonchev–Trinajstić information content (AvgIpc) is 3.20. The SMILES string of the molecule is C#CCNS(=O)(=O)c1ccc(C(=O)OCc2cnc(-c3ccccc3)s2)cc1. The van der Waals surface area contributed by atoms with Crippen LogP contribution in [0.4, 0.5) is 0 Å². The lowest BCUT2D eigenvalue weighted by molar-refractivity contribution is 0.0476. The second-order valence-corrected chi connectivity index (χ2v) is 8.51. The number of sulfonamides is 1. The van der Waals surface area contributed by atoms with Gasteiger partial charge in [-0.2, -0.15) is 4.72 Å². The van der Waals surface area contributed by atoms with Crippen molar-refractivity contribution in [1.82, 2.24) is 9.71 Å². The molecule has 0 saturated carbocycles. The second-order valence-electron chi connectivity index (χ2n) is 5.63. The normalized spacial score (nSPS) is 11.0. The molecule has 0 saturated heterocycles. The van der Waals surface area contributed by atoms with Crippen LogP contribution in [0.25, 0.3) is 10.6 Å². The lowest BCUT2D eigenvalue weighted by atomic mass is 10.2. The van der Waals surface area contributed by atoms with Gasteiger partial charge in [0.15, 0.2) is 0 Å². The molecule has 0 aliphatic rings. The fraction of sp³-hybridized carbons (Fsp3) is 0.100. The van der Waals surface area contributed by atoms with Crippen LogP contribution in [0, 0.1) is 12.3 Å². The zero-order chi connectivity index (χ0) is 20.0. The molecule has 2 aromatic carbocycles. The average molecular weight is 412 g/mol. The Balaban J connectivity index is 1.61. The zero-order valence-corrected chi connectivity index (χ0v) is 16.3. The number of aromatic nitrogens is 1. The number of ether oxygens (including phenoxy) is 1. The van der Waals surface area contributed by atoms with Crippen molar-refractivity contribution in [3.63, 3.8) is 0 Å². The van der Waals surface area contributed by atoms with E-state index in [0.29, 0.717) is 0 Å². The smallest absolute Gasteiger partial charge is 0.338 e. The Bertz CT molecular complexity index is 1100. The number of terminal acetylenes is 1. The van der Waals surface area contributed by atoms with E-state index in [1.165, 1.54) is 35.6 Å². The van der Waals surface area contributed by atoms with Gasteiger partial charge in [-0.3, -0.25) is 0 Å². The monoisotopic (exact) mass is 412 g/mol. The van der Waals surface area contributed by atoms with Crippen molar-refractivity contribution in [2.24, 2.45) is 0 Å². The molecule has 0 unspecified atom stereocenters. The standard InChI is InChI=1S/C20H16N2O4S2/c1-2-12-22-28(24,25)18-10-8-16(9-11-18)20(23)26-14-17-13-21-19(27-17)15-6-4-3-5-7-15/h1,3-11,13,22H,12,14H2. The number of benzene rings is 2. The molecule has 8 heteroatoms. The molecule has 28 heavy (non-hydrogen) atoms. The number of carbonyl (C=O) groups is 1. The quantitative estimate of drug-likeness (QED) is 0.476. The Labute approximate surface area is 167 Å². The third kappa shape index (κ3) is 4.84. The number of nitrogens with zero attached hydrogens (tertiary/aromatic N) is 1. The van der Waals surface area contributed by atoms with Crippen molar-refractivity contribution in [2.75, 3.05) is 6.54 Å². The van der Waals surface area contributed by atoms with Crippen LogP contribution in [0.2, 0.25) is 0 Å². The van der Waals surface area contributed by atoms with Crippen molar-refractivity contribution in [2.45, 2.75) is 11.5 Å². The summed E-state index contributed by atoms with van der Waals surface area (Å²) in [5, 5.41) is 0.848. The molecule has 1 heterocycles. The van der Waals surface area contributed by atoms with Gasteiger partial charge in [0.05, 0.1) is 21.9 Å². The summed E-state index contributed by atoms with van der Waals surface area (Å²) in [6.45, 7) is -0.0148. The Morgan fingerprint density at radius 3 is 2.54 bits per heavy atom. The molecule has 1 N–H and O–H groups in total. The van der Waals surface area contributed by atoms with Gasteiger partial charge in [-0.05, 0) is 24.3 Å². The third-order valence-electron chi connectivity index (χ3n) is 3.68. The van der Waals surface area contributed by atoms with Crippen LogP contribution < -0.4 is 4.72 Å². The molecule has 0 aliphatic carbocycles. The van der Waals surface area contributed by atoms with Gasteiger partial charge in [0.25, 0.3) is 0 Å². The van der Waals surface area contributed by atoms with Crippen LogP contribution in [0.5, 0.6) is 0 Å². The van der Waals surface area contributed by atoms with Crippen molar-refractivity contribution in [3.05, 3.63) is 71.2 Å². The molecule has 3 aromatic rings. The van der Waals surface area contributed by atoms with Gasteiger partial charge in [0.1, 0.15) is 11.6 Å². The number of rotatable bonds is 7. The molecule has 1 aromatic heterocycles. The summed E-state index contributed by atoms with van der Waals surface area (Å²) in [6.07, 6.45) is 6.73. The number of carbonyl (C=O) groups excluding carboxylic acids is 1. The van der Waals surface area contributed by atoms with E-state index >= 15 is 0 Å². The lowest BCUT2D eigenvalue weighted by Gasteiger charge is -2.06. The van der Waals surface area contributed by atoms with E-state index < -0.39 is 16.0 Å². The lowest BCUT2D eigenvalue weighted by Crippen LogP contribution is -2.23. The summed E-state index contributed by atoms with van der Waals surface area (Å²) in [5.41, 5.74) is 1.25. The Morgan fingerprint density at radius 1 is 1.14 bits per heavy atom. The molecule has 0 radical (unpaired) electrons. The van der Waals surface area contributed by atoms with Gasteiger partial charge in [-0.25, -0.2) is 18.2 Å². The predicted molar refractivity (Wildman–Crippen MR) is 107 cm³/mol. The highest BCUT2D eigenvalue weighted by Gasteiger charge is 2.15. The highest BCUT2D eigenvalue weighted by atomic mass is 32.2. The van der Waals surface area contributed by atoms with Crippen LogP contribution in [0.3, 0.4) is 0 Å². The summed E-state index contributed by atoms with van der Waals surface area (Å²) in [7, 11) is -3.69. The summed E-state index contributed by atoms with van der Waals surface area (Å²) in [4.78, 5) is 17.4. The Hall–Kier alpha value is -2.99. The van der Waals surface area contributed by atoms with Crippen LogP contribution in [-0.2, 0) is 21.4 Å². The van der Waals surface area contributed by atoms with Gasteiger partial charge in [-0.15, -0.1) is 17.8 Å². The highest BCUT2D eigenvalue weighted by Crippen LogP contribution is 2.25. The molecule has 0 aliphatic heterocycles. The fourth-order valence-electron chi connectivity index (χ4n) is 2.30.